The summed E-state index contributed by atoms with van der Waals surface area (Å²) in [5.41, 5.74) is 1.17. The summed E-state index contributed by atoms with van der Waals surface area (Å²) < 4.78 is 18.4. The van der Waals surface area contributed by atoms with Gasteiger partial charge in [-0.25, -0.2) is 4.68 Å². The summed E-state index contributed by atoms with van der Waals surface area (Å²) in [6.07, 6.45) is 0.296. The molecule has 0 saturated carbocycles. The Labute approximate surface area is 131 Å². The fraction of sp³-hybridized carbons (Fsp3) is 0.429. The molecule has 22 heavy (non-hydrogen) atoms. The van der Waals surface area contributed by atoms with Crippen molar-refractivity contribution in [2.24, 2.45) is 0 Å². The van der Waals surface area contributed by atoms with E-state index in [0.717, 1.165) is 35.6 Å². The SMILES string of the molecule is Cc1nnc2n1N(CC1CO1)C(c1ccc3c(c1)OCO3)S2. The molecule has 7 nitrogen and oxygen atoms in total. The first-order valence-corrected chi connectivity index (χ1v) is 8.04. The lowest BCUT2D eigenvalue weighted by Gasteiger charge is -2.27. The first-order chi connectivity index (χ1) is 10.8. The molecule has 3 aliphatic rings. The zero-order valence-electron chi connectivity index (χ0n) is 11.9. The standard InChI is InChI=1S/C14H14N4O3S/c1-8-15-16-14-18(8)17(5-10-6-19-10)13(22-14)9-2-3-11-12(4-9)21-7-20-11/h2-4,10,13H,5-7H2,1H3. The molecule has 1 aromatic heterocycles. The van der Waals surface area contributed by atoms with Gasteiger partial charge in [-0.3, -0.25) is 5.01 Å². The van der Waals surface area contributed by atoms with E-state index in [1.165, 1.54) is 5.56 Å². The zero-order valence-corrected chi connectivity index (χ0v) is 12.7. The fourth-order valence-electron chi connectivity index (χ4n) is 2.84. The molecule has 0 aliphatic carbocycles. The number of thioether (sulfide) groups is 1. The maximum atomic E-state index is 5.50. The van der Waals surface area contributed by atoms with Crippen LogP contribution in [0.5, 0.6) is 11.5 Å². The van der Waals surface area contributed by atoms with E-state index in [0.29, 0.717) is 12.9 Å². The molecule has 2 atom stereocenters. The lowest BCUT2D eigenvalue weighted by molar-refractivity contribution is 0.174. The minimum atomic E-state index is 0.142. The van der Waals surface area contributed by atoms with Crippen molar-refractivity contribution < 1.29 is 14.2 Å². The van der Waals surface area contributed by atoms with Gasteiger partial charge >= 0.3 is 0 Å². The van der Waals surface area contributed by atoms with E-state index < -0.39 is 0 Å². The summed E-state index contributed by atoms with van der Waals surface area (Å²) in [7, 11) is 0. The number of epoxide rings is 1. The van der Waals surface area contributed by atoms with Gasteiger partial charge in [-0.15, -0.1) is 10.2 Å². The third kappa shape index (κ3) is 1.87. The second-order valence-corrected chi connectivity index (χ2v) is 6.55. The average molecular weight is 318 g/mol. The van der Waals surface area contributed by atoms with Crippen LogP contribution in [0, 0.1) is 6.92 Å². The molecular formula is C14H14N4O3S. The third-order valence-electron chi connectivity index (χ3n) is 3.99. The van der Waals surface area contributed by atoms with E-state index in [1.807, 2.05) is 13.0 Å². The Hall–Kier alpha value is -1.93. The molecule has 1 fully saturated rings. The minimum Gasteiger partial charge on any atom is -0.454 e. The van der Waals surface area contributed by atoms with Crippen LogP contribution in [-0.4, -0.2) is 40.9 Å². The average Bonchev–Trinajstić information content (AvgIpc) is 2.95. The molecular weight excluding hydrogens is 304 g/mol. The second kappa shape index (κ2) is 4.53. The van der Waals surface area contributed by atoms with Crippen molar-refractivity contribution >= 4 is 11.8 Å². The van der Waals surface area contributed by atoms with Crippen LogP contribution in [0.25, 0.3) is 0 Å². The molecule has 1 aromatic carbocycles. The quantitative estimate of drug-likeness (QED) is 0.794. The van der Waals surface area contributed by atoms with Crippen LogP contribution in [0.15, 0.2) is 23.4 Å². The van der Waals surface area contributed by atoms with Gasteiger partial charge in [-0.1, -0.05) is 17.8 Å². The second-order valence-electron chi connectivity index (χ2n) is 5.50. The normalized spacial score (nSPS) is 24.7. The molecule has 114 valence electrons. The number of nitrogens with zero attached hydrogens (tertiary/aromatic N) is 4. The topological polar surface area (TPSA) is 64.9 Å². The van der Waals surface area contributed by atoms with Gasteiger partial charge in [-0.2, -0.15) is 0 Å². The Morgan fingerprint density at radius 2 is 2.14 bits per heavy atom. The number of hydrogen-bond acceptors (Lipinski definition) is 7. The van der Waals surface area contributed by atoms with Crippen molar-refractivity contribution in [2.45, 2.75) is 23.6 Å². The van der Waals surface area contributed by atoms with E-state index in [9.17, 15) is 0 Å². The smallest absolute Gasteiger partial charge is 0.231 e. The summed E-state index contributed by atoms with van der Waals surface area (Å²) >= 11 is 1.70. The maximum absolute atomic E-state index is 5.50. The lowest BCUT2D eigenvalue weighted by Crippen LogP contribution is -2.37. The minimum absolute atomic E-state index is 0.142. The molecule has 3 aliphatic heterocycles. The van der Waals surface area contributed by atoms with Crippen LogP contribution in [0.4, 0.5) is 0 Å². The molecule has 0 radical (unpaired) electrons. The predicted molar refractivity (Wildman–Crippen MR) is 78.7 cm³/mol. The molecule has 0 spiro atoms. The maximum Gasteiger partial charge on any atom is 0.231 e. The number of aryl methyl sites for hydroxylation is 1. The number of ether oxygens (including phenoxy) is 3. The number of hydrogen-bond donors (Lipinski definition) is 0. The van der Waals surface area contributed by atoms with Gasteiger partial charge in [0.2, 0.25) is 11.9 Å². The first kappa shape index (κ1) is 12.6. The Balaban J connectivity index is 1.53. The molecule has 1 saturated heterocycles. The number of fused-ring (bicyclic) bond motifs is 2. The highest BCUT2D eigenvalue weighted by Crippen LogP contribution is 2.45. The van der Waals surface area contributed by atoms with Crippen molar-refractivity contribution in [2.75, 3.05) is 25.0 Å². The summed E-state index contributed by atoms with van der Waals surface area (Å²) in [5.74, 6) is 2.51. The van der Waals surface area contributed by atoms with Gasteiger partial charge in [0.1, 0.15) is 17.3 Å². The number of benzene rings is 1. The summed E-state index contributed by atoms with van der Waals surface area (Å²) in [6, 6.07) is 6.10. The number of aromatic nitrogens is 3. The predicted octanol–water partition coefficient (Wildman–Crippen LogP) is 1.46. The molecule has 0 bridgehead atoms. The molecule has 4 heterocycles. The highest BCUT2D eigenvalue weighted by atomic mass is 32.2. The summed E-state index contributed by atoms with van der Waals surface area (Å²) in [6.45, 7) is 3.92. The Bertz CT molecular complexity index is 746. The monoisotopic (exact) mass is 318 g/mol. The van der Waals surface area contributed by atoms with Crippen LogP contribution in [0.3, 0.4) is 0 Å². The van der Waals surface area contributed by atoms with Crippen LogP contribution in [0.1, 0.15) is 16.8 Å². The van der Waals surface area contributed by atoms with Crippen molar-refractivity contribution in [1.82, 2.24) is 14.9 Å². The zero-order chi connectivity index (χ0) is 14.7. The van der Waals surface area contributed by atoms with Gasteiger partial charge in [-0.05, 0) is 24.6 Å². The van der Waals surface area contributed by atoms with E-state index in [1.54, 1.807) is 11.8 Å². The Kier molecular flexibility index (Phi) is 2.59. The molecule has 2 unspecified atom stereocenters. The van der Waals surface area contributed by atoms with Gasteiger partial charge in [0.05, 0.1) is 13.2 Å². The summed E-state index contributed by atoms with van der Waals surface area (Å²) in [5, 5.41) is 11.8. The van der Waals surface area contributed by atoms with Crippen molar-refractivity contribution in [3.8, 4) is 11.5 Å². The van der Waals surface area contributed by atoms with Gasteiger partial charge in [0.15, 0.2) is 11.5 Å². The van der Waals surface area contributed by atoms with Crippen molar-refractivity contribution in [1.29, 1.82) is 0 Å². The van der Waals surface area contributed by atoms with E-state index >= 15 is 0 Å². The fourth-order valence-corrected chi connectivity index (χ4v) is 4.05. The van der Waals surface area contributed by atoms with Crippen LogP contribution in [-0.2, 0) is 4.74 Å². The molecule has 0 N–H and O–H groups in total. The van der Waals surface area contributed by atoms with Gasteiger partial charge < -0.3 is 14.2 Å². The van der Waals surface area contributed by atoms with E-state index in [2.05, 4.69) is 32.0 Å². The van der Waals surface area contributed by atoms with Crippen molar-refractivity contribution in [3.63, 3.8) is 0 Å². The van der Waals surface area contributed by atoms with Gasteiger partial charge in [0.25, 0.3) is 0 Å². The van der Waals surface area contributed by atoms with E-state index in [-0.39, 0.29) is 5.37 Å². The largest absolute Gasteiger partial charge is 0.454 e. The highest BCUT2D eigenvalue weighted by molar-refractivity contribution is 7.99. The first-order valence-electron chi connectivity index (χ1n) is 7.16. The lowest BCUT2D eigenvalue weighted by atomic mass is 10.2. The van der Waals surface area contributed by atoms with Crippen molar-refractivity contribution in [3.05, 3.63) is 29.6 Å². The number of rotatable bonds is 3. The highest BCUT2D eigenvalue weighted by Gasteiger charge is 2.38. The molecule has 2 aromatic rings. The van der Waals surface area contributed by atoms with Crippen LogP contribution >= 0.6 is 11.8 Å². The van der Waals surface area contributed by atoms with E-state index in [4.69, 9.17) is 14.2 Å². The Morgan fingerprint density at radius 1 is 1.27 bits per heavy atom. The molecule has 5 rings (SSSR count). The van der Waals surface area contributed by atoms with Crippen LogP contribution in [0.2, 0.25) is 0 Å². The summed E-state index contributed by atoms with van der Waals surface area (Å²) in [4.78, 5) is 0. The molecule has 8 heteroatoms. The van der Waals surface area contributed by atoms with Gasteiger partial charge in [0, 0.05) is 0 Å². The molecule has 0 amide bonds. The Morgan fingerprint density at radius 3 is 3.00 bits per heavy atom. The van der Waals surface area contributed by atoms with Crippen LogP contribution < -0.4 is 14.5 Å². The third-order valence-corrected chi connectivity index (χ3v) is 5.19.